The SMILES string of the molecule is Cc1cc(OC2CCOCC2)nc(Cl)n1. The maximum absolute atomic E-state index is 5.74. The molecule has 0 radical (unpaired) electrons. The summed E-state index contributed by atoms with van der Waals surface area (Å²) in [5.74, 6) is 0.555. The summed E-state index contributed by atoms with van der Waals surface area (Å²) in [5.41, 5.74) is 0.817. The van der Waals surface area contributed by atoms with Gasteiger partial charge < -0.3 is 9.47 Å². The third kappa shape index (κ3) is 3.04. The van der Waals surface area contributed by atoms with Gasteiger partial charge in [0.25, 0.3) is 0 Å². The van der Waals surface area contributed by atoms with Crippen LogP contribution < -0.4 is 4.74 Å². The lowest BCUT2D eigenvalue weighted by Crippen LogP contribution is -2.26. The van der Waals surface area contributed by atoms with Crippen molar-refractivity contribution >= 4 is 11.6 Å². The van der Waals surface area contributed by atoms with E-state index < -0.39 is 0 Å². The van der Waals surface area contributed by atoms with E-state index >= 15 is 0 Å². The Bertz CT molecular complexity index is 320. The smallest absolute Gasteiger partial charge is 0.225 e. The van der Waals surface area contributed by atoms with Gasteiger partial charge in [0.05, 0.1) is 13.2 Å². The highest BCUT2D eigenvalue weighted by molar-refractivity contribution is 6.28. The van der Waals surface area contributed by atoms with E-state index in [4.69, 9.17) is 21.1 Å². The maximum atomic E-state index is 5.74. The van der Waals surface area contributed by atoms with Crippen molar-refractivity contribution in [3.8, 4) is 5.88 Å². The number of aromatic nitrogens is 2. The van der Waals surface area contributed by atoms with Gasteiger partial charge >= 0.3 is 0 Å². The van der Waals surface area contributed by atoms with Gasteiger partial charge in [-0.3, -0.25) is 0 Å². The van der Waals surface area contributed by atoms with E-state index in [2.05, 4.69) is 9.97 Å². The highest BCUT2D eigenvalue weighted by atomic mass is 35.5. The Hall–Kier alpha value is -0.870. The molecule has 0 aromatic carbocycles. The Morgan fingerprint density at radius 1 is 1.40 bits per heavy atom. The van der Waals surface area contributed by atoms with E-state index in [9.17, 15) is 0 Å². The molecular formula is C10H13ClN2O2. The molecule has 0 spiro atoms. The van der Waals surface area contributed by atoms with Crippen LogP contribution in [0.15, 0.2) is 6.07 Å². The predicted molar refractivity (Wildman–Crippen MR) is 56.2 cm³/mol. The summed E-state index contributed by atoms with van der Waals surface area (Å²) in [4.78, 5) is 8.00. The molecule has 0 aliphatic carbocycles. The van der Waals surface area contributed by atoms with E-state index in [0.717, 1.165) is 31.7 Å². The fourth-order valence-corrected chi connectivity index (χ4v) is 1.75. The van der Waals surface area contributed by atoms with Gasteiger partial charge in [-0.25, -0.2) is 4.98 Å². The number of hydrogen-bond donors (Lipinski definition) is 0. The van der Waals surface area contributed by atoms with Gasteiger partial charge in [0.15, 0.2) is 0 Å². The molecule has 0 bridgehead atoms. The largest absolute Gasteiger partial charge is 0.474 e. The summed E-state index contributed by atoms with van der Waals surface area (Å²) in [6, 6.07) is 1.79. The van der Waals surface area contributed by atoms with Crippen LogP contribution in [0.25, 0.3) is 0 Å². The fourth-order valence-electron chi connectivity index (χ4n) is 1.53. The molecule has 2 heterocycles. The van der Waals surface area contributed by atoms with Crippen molar-refractivity contribution in [3.05, 3.63) is 17.0 Å². The molecular weight excluding hydrogens is 216 g/mol. The standard InChI is InChI=1S/C10H13ClN2O2/c1-7-6-9(13-10(11)12-7)15-8-2-4-14-5-3-8/h6,8H,2-5H2,1H3. The van der Waals surface area contributed by atoms with Crippen LogP contribution in [-0.2, 0) is 4.74 Å². The second kappa shape index (κ2) is 4.77. The second-order valence-corrected chi connectivity index (χ2v) is 3.88. The van der Waals surface area contributed by atoms with Crippen LogP contribution in [0.4, 0.5) is 0 Å². The second-order valence-electron chi connectivity index (χ2n) is 3.55. The van der Waals surface area contributed by atoms with Crippen LogP contribution in [0.3, 0.4) is 0 Å². The van der Waals surface area contributed by atoms with Crippen LogP contribution in [0.1, 0.15) is 18.5 Å². The van der Waals surface area contributed by atoms with Gasteiger partial charge in [0.2, 0.25) is 11.2 Å². The zero-order chi connectivity index (χ0) is 10.7. The fraction of sp³-hybridized carbons (Fsp3) is 0.600. The minimum atomic E-state index is 0.184. The molecule has 0 unspecified atom stereocenters. The van der Waals surface area contributed by atoms with E-state index in [0.29, 0.717) is 5.88 Å². The Labute approximate surface area is 93.6 Å². The van der Waals surface area contributed by atoms with Crippen LogP contribution in [-0.4, -0.2) is 29.3 Å². The molecule has 1 fully saturated rings. The first-order valence-electron chi connectivity index (χ1n) is 4.99. The average Bonchev–Trinajstić information content (AvgIpc) is 2.17. The molecule has 0 N–H and O–H groups in total. The van der Waals surface area contributed by atoms with Gasteiger partial charge in [-0.1, -0.05) is 0 Å². The van der Waals surface area contributed by atoms with E-state index in [1.165, 1.54) is 0 Å². The number of ether oxygens (including phenoxy) is 2. The van der Waals surface area contributed by atoms with Crippen LogP contribution in [0, 0.1) is 6.92 Å². The van der Waals surface area contributed by atoms with Crippen molar-refractivity contribution in [1.82, 2.24) is 9.97 Å². The molecule has 1 aromatic rings. The Morgan fingerprint density at radius 3 is 2.80 bits per heavy atom. The minimum Gasteiger partial charge on any atom is -0.474 e. The average molecular weight is 229 g/mol. The summed E-state index contributed by atoms with van der Waals surface area (Å²) >= 11 is 5.74. The first-order valence-corrected chi connectivity index (χ1v) is 5.37. The zero-order valence-corrected chi connectivity index (χ0v) is 9.33. The number of hydrogen-bond acceptors (Lipinski definition) is 4. The van der Waals surface area contributed by atoms with Gasteiger partial charge in [-0.05, 0) is 18.5 Å². The van der Waals surface area contributed by atoms with Crippen molar-refractivity contribution in [2.24, 2.45) is 0 Å². The summed E-state index contributed by atoms with van der Waals surface area (Å²) in [5, 5.41) is 0.233. The summed E-state index contributed by atoms with van der Waals surface area (Å²) < 4.78 is 10.9. The third-order valence-electron chi connectivity index (χ3n) is 2.26. The van der Waals surface area contributed by atoms with Crippen LogP contribution >= 0.6 is 11.6 Å². The predicted octanol–water partition coefficient (Wildman–Crippen LogP) is 2.00. The molecule has 5 heteroatoms. The van der Waals surface area contributed by atoms with Crippen LogP contribution in [0.2, 0.25) is 5.28 Å². The summed E-state index contributed by atoms with van der Waals surface area (Å²) in [7, 11) is 0. The normalized spacial score (nSPS) is 17.7. The van der Waals surface area contributed by atoms with E-state index in [1.54, 1.807) is 6.07 Å². The third-order valence-corrected chi connectivity index (χ3v) is 2.43. The highest BCUT2D eigenvalue weighted by Gasteiger charge is 2.16. The Morgan fingerprint density at radius 2 is 2.13 bits per heavy atom. The zero-order valence-electron chi connectivity index (χ0n) is 8.57. The van der Waals surface area contributed by atoms with Crippen molar-refractivity contribution in [1.29, 1.82) is 0 Å². The minimum absolute atomic E-state index is 0.184. The lowest BCUT2D eigenvalue weighted by atomic mass is 10.1. The number of nitrogens with zero attached hydrogens (tertiary/aromatic N) is 2. The van der Waals surface area contributed by atoms with Gasteiger partial charge in [0.1, 0.15) is 6.10 Å². The number of halogens is 1. The Kier molecular flexibility index (Phi) is 3.38. The quantitative estimate of drug-likeness (QED) is 0.727. The molecule has 1 aliphatic rings. The Balaban J connectivity index is 2.02. The molecule has 1 aromatic heterocycles. The molecule has 4 nitrogen and oxygen atoms in total. The van der Waals surface area contributed by atoms with Crippen molar-refractivity contribution in [2.75, 3.05) is 13.2 Å². The van der Waals surface area contributed by atoms with E-state index in [1.807, 2.05) is 6.92 Å². The molecule has 1 saturated heterocycles. The van der Waals surface area contributed by atoms with Gasteiger partial charge in [-0.15, -0.1) is 0 Å². The van der Waals surface area contributed by atoms with Crippen molar-refractivity contribution in [3.63, 3.8) is 0 Å². The molecule has 1 aliphatic heterocycles. The van der Waals surface area contributed by atoms with Crippen molar-refractivity contribution in [2.45, 2.75) is 25.9 Å². The van der Waals surface area contributed by atoms with Crippen molar-refractivity contribution < 1.29 is 9.47 Å². The van der Waals surface area contributed by atoms with E-state index in [-0.39, 0.29) is 11.4 Å². The molecule has 15 heavy (non-hydrogen) atoms. The first kappa shape index (κ1) is 10.6. The molecule has 0 saturated carbocycles. The molecule has 2 rings (SSSR count). The van der Waals surface area contributed by atoms with Crippen LogP contribution in [0.5, 0.6) is 5.88 Å². The summed E-state index contributed by atoms with van der Waals surface area (Å²) in [6.45, 7) is 3.37. The first-order chi connectivity index (χ1) is 7.24. The lowest BCUT2D eigenvalue weighted by Gasteiger charge is -2.22. The summed E-state index contributed by atoms with van der Waals surface area (Å²) in [6.07, 6.45) is 1.99. The number of aryl methyl sites for hydroxylation is 1. The van der Waals surface area contributed by atoms with Gasteiger partial charge in [0, 0.05) is 24.6 Å². The monoisotopic (exact) mass is 228 g/mol. The molecule has 82 valence electrons. The topological polar surface area (TPSA) is 44.2 Å². The number of rotatable bonds is 2. The van der Waals surface area contributed by atoms with Gasteiger partial charge in [-0.2, -0.15) is 4.98 Å². The highest BCUT2D eigenvalue weighted by Crippen LogP contribution is 2.17. The molecule has 0 atom stereocenters. The lowest BCUT2D eigenvalue weighted by molar-refractivity contribution is 0.0236. The maximum Gasteiger partial charge on any atom is 0.225 e. The molecule has 0 amide bonds.